The third-order valence-electron chi connectivity index (χ3n) is 1.84. The summed E-state index contributed by atoms with van der Waals surface area (Å²) in [5.41, 5.74) is 6.44. The van der Waals surface area contributed by atoms with Crippen LogP contribution in [0.5, 0.6) is 0 Å². The molecule has 0 unspecified atom stereocenters. The molecule has 0 aromatic carbocycles. The molecular formula is C7H9ClN6O. The second kappa shape index (κ2) is 3.95. The number of methoxy groups -OCH3 is 1. The number of fused-ring (bicyclic) bond motifs is 1. The van der Waals surface area contributed by atoms with Crippen molar-refractivity contribution in [1.29, 1.82) is 0 Å². The van der Waals surface area contributed by atoms with E-state index in [1.165, 1.54) is 0 Å². The molecule has 0 atom stereocenters. The van der Waals surface area contributed by atoms with Gasteiger partial charge in [-0.1, -0.05) is 16.8 Å². The number of nitrogens with two attached hydrogens (primary N) is 1. The van der Waals surface area contributed by atoms with Gasteiger partial charge in [-0.2, -0.15) is 9.97 Å². The lowest BCUT2D eigenvalue weighted by atomic mass is 10.5. The van der Waals surface area contributed by atoms with Crippen LogP contribution in [0.1, 0.15) is 0 Å². The van der Waals surface area contributed by atoms with Crippen LogP contribution in [0, 0.1) is 0 Å². The van der Waals surface area contributed by atoms with Crippen molar-refractivity contribution in [3.05, 3.63) is 5.15 Å². The highest BCUT2D eigenvalue weighted by atomic mass is 35.5. The van der Waals surface area contributed by atoms with Crippen molar-refractivity contribution in [3.8, 4) is 0 Å². The minimum atomic E-state index is 0.105. The average Bonchev–Trinajstić information content (AvgIpc) is 2.58. The van der Waals surface area contributed by atoms with Crippen molar-refractivity contribution in [1.82, 2.24) is 25.0 Å². The normalized spacial score (nSPS) is 11.1. The smallest absolute Gasteiger partial charge is 0.223 e. The topological polar surface area (TPSA) is 91.7 Å². The Hall–Kier alpha value is -1.47. The molecule has 2 heterocycles. The van der Waals surface area contributed by atoms with Crippen LogP contribution in [0.15, 0.2) is 0 Å². The van der Waals surface area contributed by atoms with E-state index < -0.39 is 0 Å². The monoisotopic (exact) mass is 228 g/mol. The first-order valence-corrected chi connectivity index (χ1v) is 4.61. The lowest BCUT2D eigenvalue weighted by Crippen LogP contribution is -2.07. The van der Waals surface area contributed by atoms with E-state index in [1.54, 1.807) is 11.8 Å². The van der Waals surface area contributed by atoms with Gasteiger partial charge in [0.15, 0.2) is 16.3 Å². The molecule has 0 aliphatic rings. The van der Waals surface area contributed by atoms with Gasteiger partial charge in [0.25, 0.3) is 0 Å². The van der Waals surface area contributed by atoms with Gasteiger partial charge in [-0.05, 0) is 0 Å². The van der Waals surface area contributed by atoms with Gasteiger partial charge in [-0.3, -0.25) is 0 Å². The number of ether oxygens (including phenoxy) is 1. The number of rotatable bonds is 3. The molecule has 15 heavy (non-hydrogen) atoms. The Balaban J connectivity index is 2.49. The van der Waals surface area contributed by atoms with E-state index >= 15 is 0 Å². The molecule has 0 bridgehead atoms. The van der Waals surface area contributed by atoms with Crippen molar-refractivity contribution >= 4 is 28.7 Å². The summed E-state index contributed by atoms with van der Waals surface area (Å²) in [6.07, 6.45) is 0. The molecule has 0 saturated heterocycles. The van der Waals surface area contributed by atoms with Gasteiger partial charge in [0.1, 0.15) is 0 Å². The van der Waals surface area contributed by atoms with E-state index in [2.05, 4.69) is 20.3 Å². The predicted molar refractivity (Wildman–Crippen MR) is 54.4 cm³/mol. The first kappa shape index (κ1) is 10.1. The van der Waals surface area contributed by atoms with Crippen LogP contribution >= 0.6 is 11.6 Å². The molecule has 8 heteroatoms. The summed E-state index contributed by atoms with van der Waals surface area (Å²) in [7, 11) is 1.61. The molecule has 2 aromatic heterocycles. The highest BCUT2D eigenvalue weighted by Gasteiger charge is 2.11. The minimum absolute atomic E-state index is 0.105. The third-order valence-corrected chi connectivity index (χ3v) is 2.11. The molecule has 2 N–H and O–H groups in total. The van der Waals surface area contributed by atoms with Gasteiger partial charge in [0.05, 0.1) is 13.2 Å². The van der Waals surface area contributed by atoms with Gasteiger partial charge in [-0.15, -0.1) is 5.10 Å². The van der Waals surface area contributed by atoms with Crippen molar-refractivity contribution in [2.24, 2.45) is 0 Å². The summed E-state index contributed by atoms with van der Waals surface area (Å²) < 4.78 is 6.50. The van der Waals surface area contributed by atoms with E-state index in [4.69, 9.17) is 22.1 Å². The molecular weight excluding hydrogens is 220 g/mol. The van der Waals surface area contributed by atoms with E-state index in [9.17, 15) is 0 Å². The quantitative estimate of drug-likeness (QED) is 0.750. The summed E-state index contributed by atoms with van der Waals surface area (Å²) in [5, 5.41) is 7.95. The molecule has 7 nitrogen and oxygen atoms in total. The third kappa shape index (κ3) is 1.83. The van der Waals surface area contributed by atoms with Gasteiger partial charge in [0.2, 0.25) is 5.95 Å². The van der Waals surface area contributed by atoms with E-state index in [0.717, 1.165) is 0 Å². The Bertz CT molecular complexity index is 484. The van der Waals surface area contributed by atoms with Crippen molar-refractivity contribution in [2.75, 3.05) is 19.5 Å². The molecule has 0 spiro atoms. The largest absolute Gasteiger partial charge is 0.383 e. The first-order valence-electron chi connectivity index (χ1n) is 4.23. The van der Waals surface area contributed by atoms with Crippen LogP contribution in [-0.4, -0.2) is 38.7 Å². The fraction of sp³-hybridized carbons (Fsp3) is 0.429. The number of aromatic nitrogens is 5. The standard InChI is InChI=1S/C7H9ClN6O/c1-15-3-2-14-6-4(12-13-14)5(8)10-7(9)11-6/h2-3H2,1H3,(H2,9,10,11). The van der Waals surface area contributed by atoms with Crippen LogP contribution in [0.25, 0.3) is 11.2 Å². The molecule has 2 rings (SSSR count). The van der Waals surface area contributed by atoms with Crippen LogP contribution in [-0.2, 0) is 11.3 Å². The molecule has 0 fully saturated rings. The van der Waals surface area contributed by atoms with E-state index in [1.807, 2.05) is 0 Å². The Morgan fingerprint density at radius 1 is 1.47 bits per heavy atom. The summed E-state index contributed by atoms with van der Waals surface area (Å²) >= 11 is 5.83. The highest BCUT2D eigenvalue weighted by Crippen LogP contribution is 2.17. The summed E-state index contributed by atoms with van der Waals surface area (Å²) in [5.74, 6) is 0.105. The average molecular weight is 229 g/mol. The van der Waals surface area contributed by atoms with E-state index in [0.29, 0.717) is 24.3 Å². The summed E-state index contributed by atoms with van der Waals surface area (Å²) in [6.45, 7) is 1.06. The predicted octanol–water partition coefficient (Wildman–Crippen LogP) is 0.103. The lowest BCUT2D eigenvalue weighted by Gasteiger charge is -2.00. The number of halogens is 1. The fourth-order valence-corrected chi connectivity index (χ4v) is 1.38. The fourth-order valence-electron chi connectivity index (χ4n) is 1.17. The zero-order valence-corrected chi connectivity index (χ0v) is 8.77. The van der Waals surface area contributed by atoms with Crippen molar-refractivity contribution in [2.45, 2.75) is 6.54 Å². The van der Waals surface area contributed by atoms with Gasteiger partial charge >= 0.3 is 0 Å². The molecule has 2 aromatic rings. The second-order valence-corrected chi connectivity index (χ2v) is 3.21. The maximum absolute atomic E-state index is 5.83. The number of nitrogen functional groups attached to an aromatic ring is 1. The maximum Gasteiger partial charge on any atom is 0.223 e. The Labute approximate surface area is 90.2 Å². The highest BCUT2D eigenvalue weighted by molar-refractivity contribution is 6.33. The van der Waals surface area contributed by atoms with Gasteiger partial charge in [0, 0.05) is 7.11 Å². The second-order valence-electron chi connectivity index (χ2n) is 2.85. The van der Waals surface area contributed by atoms with Crippen LogP contribution in [0.2, 0.25) is 5.15 Å². The lowest BCUT2D eigenvalue weighted by molar-refractivity contribution is 0.184. The Morgan fingerprint density at radius 3 is 3.00 bits per heavy atom. The van der Waals surface area contributed by atoms with Crippen molar-refractivity contribution < 1.29 is 4.74 Å². The van der Waals surface area contributed by atoms with Crippen LogP contribution in [0.3, 0.4) is 0 Å². The van der Waals surface area contributed by atoms with E-state index in [-0.39, 0.29) is 11.1 Å². The zero-order valence-electron chi connectivity index (χ0n) is 8.01. The molecule has 0 radical (unpaired) electrons. The first-order chi connectivity index (χ1) is 7.22. The number of anilines is 1. The molecule has 0 aliphatic heterocycles. The minimum Gasteiger partial charge on any atom is -0.383 e. The molecule has 0 aliphatic carbocycles. The van der Waals surface area contributed by atoms with Gasteiger partial charge in [-0.25, -0.2) is 4.68 Å². The zero-order chi connectivity index (χ0) is 10.8. The molecule has 0 saturated carbocycles. The Kier molecular flexibility index (Phi) is 2.65. The molecule has 0 amide bonds. The molecule has 80 valence electrons. The van der Waals surface area contributed by atoms with Crippen molar-refractivity contribution in [3.63, 3.8) is 0 Å². The number of nitrogens with zero attached hydrogens (tertiary/aromatic N) is 5. The number of hydrogen-bond donors (Lipinski definition) is 1. The van der Waals surface area contributed by atoms with Crippen LogP contribution < -0.4 is 5.73 Å². The maximum atomic E-state index is 5.83. The SMILES string of the molecule is COCCn1nnc2c(Cl)nc(N)nc21. The Morgan fingerprint density at radius 2 is 2.27 bits per heavy atom. The van der Waals surface area contributed by atoms with Crippen LogP contribution in [0.4, 0.5) is 5.95 Å². The number of hydrogen-bond acceptors (Lipinski definition) is 6. The van der Waals surface area contributed by atoms with Gasteiger partial charge < -0.3 is 10.5 Å². The summed E-state index contributed by atoms with van der Waals surface area (Å²) in [6, 6.07) is 0. The summed E-state index contributed by atoms with van der Waals surface area (Å²) in [4.78, 5) is 7.79.